The van der Waals surface area contributed by atoms with Gasteiger partial charge in [0.15, 0.2) is 0 Å². The second kappa shape index (κ2) is 14.5. The highest BCUT2D eigenvalue weighted by molar-refractivity contribution is 9.10. The van der Waals surface area contributed by atoms with Gasteiger partial charge in [-0.3, -0.25) is 24.5 Å². The lowest BCUT2D eigenvalue weighted by molar-refractivity contribution is -0.134. The zero-order valence-electron chi connectivity index (χ0n) is 29.8. The number of carbonyl (C=O) groups excluding carboxylic acids is 3. The average Bonchev–Trinajstić information content (AvgIpc) is 3.12. The zero-order chi connectivity index (χ0) is 35.9. The third-order valence-corrected chi connectivity index (χ3v) is 12.6. The van der Waals surface area contributed by atoms with E-state index >= 15 is 0 Å². The van der Waals surface area contributed by atoms with Crippen LogP contribution in [0, 0.1) is 12.3 Å². The highest BCUT2D eigenvalue weighted by atomic mass is 79.9. The number of rotatable bonds is 6. The van der Waals surface area contributed by atoms with Crippen molar-refractivity contribution >= 4 is 45.0 Å². The lowest BCUT2D eigenvalue weighted by Gasteiger charge is -2.47. The minimum absolute atomic E-state index is 0.115. The van der Waals surface area contributed by atoms with Gasteiger partial charge in [-0.15, -0.1) is 0 Å². The van der Waals surface area contributed by atoms with Crippen LogP contribution in [0.5, 0.6) is 0 Å². The summed E-state index contributed by atoms with van der Waals surface area (Å²) < 4.78 is 1.81. The molecule has 0 aliphatic carbocycles. The van der Waals surface area contributed by atoms with E-state index in [9.17, 15) is 19.2 Å². The highest BCUT2D eigenvalue weighted by Crippen LogP contribution is 2.43. The Balaban J connectivity index is 0.911. The number of likely N-dealkylation sites (N-methyl/N-ethyl adjacent to an activating group) is 1. The second-order valence-corrected chi connectivity index (χ2v) is 16.0. The van der Waals surface area contributed by atoms with Crippen molar-refractivity contribution in [2.24, 2.45) is 12.5 Å². The molecule has 7 rings (SSSR count). The molecule has 1 aromatic heterocycles. The molecule has 4 fully saturated rings. The fraction of sp³-hybridized carbons (Fsp3) is 0.513. The van der Waals surface area contributed by atoms with Crippen molar-refractivity contribution in [3.63, 3.8) is 0 Å². The van der Waals surface area contributed by atoms with E-state index in [4.69, 9.17) is 0 Å². The first-order chi connectivity index (χ1) is 24.5. The smallest absolute Gasteiger partial charge is 0.282 e. The monoisotopic (exact) mass is 757 g/mol. The molecule has 51 heavy (non-hydrogen) atoms. The van der Waals surface area contributed by atoms with Crippen LogP contribution in [0.1, 0.15) is 83.8 Å². The van der Waals surface area contributed by atoms with Gasteiger partial charge in [0.2, 0.25) is 11.8 Å². The molecule has 4 saturated heterocycles. The van der Waals surface area contributed by atoms with Crippen LogP contribution in [0.25, 0.3) is 0 Å². The second-order valence-electron chi connectivity index (χ2n) is 15.2. The van der Waals surface area contributed by atoms with E-state index in [0.717, 1.165) is 88.1 Å². The predicted molar refractivity (Wildman–Crippen MR) is 201 cm³/mol. The molecule has 0 bridgehead atoms. The molecule has 1 spiro atoms. The van der Waals surface area contributed by atoms with Crippen molar-refractivity contribution in [2.45, 2.75) is 69.7 Å². The van der Waals surface area contributed by atoms with Crippen LogP contribution in [0.2, 0.25) is 0 Å². The van der Waals surface area contributed by atoms with Crippen LogP contribution in [0.4, 0.5) is 11.4 Å². The van der Waals surface area contributed by atoms with Gasteiger partial charge in [-0.1, -0.05) is 18.2 Å². The third kappa shape index (κ3) is 7.48. The lowest BCUT2D eigenvalue weighted by Crippen LogP contribution is -2.48. The molecule has 3 amide bonds. The van der Waals surface area contributed by atoms with E-state index in [2.05, 4.69) is 85.8 Å². The summed E-state index contributed by atoms with van der Waals surface area (Å²) in [5, 5.41) is 10.2. The number of aryl methyl sites for hydroxylation is 2. The maximum absolute atomic E-state index is 13.6. The summed E-state index contributed by atoms with van der Waals surface area (Å²) >= 11 is 3.43. The molecule has 4 aliphatic rings. The van der Waals surface area contributed by atoms with Gasteiger partial charge in [-0.2, -0.15) is 5.10 Å². The van der Waals surface area contributed by atoms with Crippen LogP contribution >= 0.6 is 15.9 Å². The van der Waals surface area contributed by atoms with Crippen LogP contribution in [0.3, 0.4) is 0 Å². The van der Waals surface area contributed by atoms with Crippen molar-refractivity contribution in [3.05, 3.63) is 85.7 Å². The number of anilines is 2. The number of nitrogens with one attached hydrogen (secondary N) is 2. The van der Waals surface area contributed by atoms with Gasteiger partial charge < -0.3 is 20.0 Å². The number of halogens is 1. The van der Waals surface area contributed by atoms with Gasteiger partial charge in [0.1, 0.15) is 4.47 Å². The summed E-state index contributed by atoms with van der Waals surface area (Å²) in [6, 6.07) is 14.8. The average molecular weight is 759 g/mol. The topological polar surface area (TPSA) is 120 Å². The number of carbonyl (C=O) groups is 3. The Bertz CT molecular complexity index is 1860. The van der Waals surface area contributed by atoms with E-state index in [1.54, 1.807) is 13.2 Å². The molecule has 2 aromatic carbocycles. The molecule has 270 valence electrons. The standard InChI is InChI=1S/C39H48BrN7O4/c1-25-20-30(8-9-31(25)32-10-11-34(48)43-36(32)49)46-16-12-39(13-17-46)14-18-47(19-15-39)37(50)27-6-4-26(5-7-27)28-21-29(24-44(2)23-28)42-33-22-41-45(3)38(51)35(33)40/h4-9,20,22,28-29,32,42H,10-19,21,23-24H2,1-3H3,(H,43,48,49)/t28-,29+,32?/m1/s1. The van der Waals surface area contributed by atoms with E-state index in [1.165, 1.54) is 15.9 Å². The fourth-order valence-electron chi connectivity index (χ4n) is 8.74. The number of hydrogen-bond acceptors (Lipinski definition) is 8. The lowest BCUT2D eigenvalue weighted by atomic mass is 9.71. The van der Waals surface area contributed by atoms with Crippen LogP contribution < -0.4 is 21.1 Å². The molecule has 12 heteroatoms. The number of nitrogens with zero attached hydrogens (tertiary/aromatic N) is 5. The van der Waals surface area contributed by atoms with Crippen LogP contribution in [-0.4, -0.2) is 89.7 Å². The number of likely N-dealkylation sites (tertiary alicyclic amines) is 2. The summed E-state index contributed by atoms with van der Waals surface area (Å²) in [6.45, 7) is 7.39. The highest BCUT2D eigenvalue weighted by Gasteiger charge is 2.39. The molecule has 0 radical (unpaired) electrons. The summed E-state index contributed by atoms with van der Waals surface area (Å²) in [5.74, 6) is -0.218. The molecule has 1 unspecified atom stereocenters. The minimum Gasteiger partial charge on any atom is -0.379 e. The number of aromatic nitrogens is 2. The van der Waals surface area contributed by atoms with Gasteiger partial charge in [0, 0.05) is 70.0 Å². The molecule has 3 atom stereocenters. The molecule has 11 nitrogen and oxygen atoms in total. The third-order valence-electron chi connectivity index (χ3n) is 11.9. The number of hydrogen-bond donors (Lipinski definition) is 2. The van der Waals surface area contributed by atoms with Gasteiger partial charge in [-0.25, -0.2) is 4.68 Å². The maximum atomic E-state index is 13.6. The largest absolute Gasteiger partial charge is 0.379 e. The van der Waals surface area contributed by atoms with Crippen molar-refractivity contribution in [1.29, 1.82) is 0 Å². The van der Waals surface area contributed by atoms with Gasteiger partial charge in [-0.05, 0) is 121 Å². The number of piperidine rings is 4. The molecular formula is C39H48BrN7O4. The van der Waals surface area contributed by atoms with E-state index in [1.807, 2.05) is 17.0 Å². The first-order valence-corrected chi connectivity index (χ1v) is 19.0. The van der Waals surface area contributed by atoms with Gasteiger partial charge in [0.05, 0.1) is 17.8 Å². The molecular weight excluding hydrogens is 710 g/mol. The first kappa shape index (κ1) is 35.4. The Morgan fingerprint density at radius 2 is 1.67 bits per heavy atom. The SMILES string of the molecule is Cc1cc(N2CCC3(CCN(C(=O)c4ccc([C@@H]5C[C@H](Nc6cnn(C)c(=O)c6Br)CN(C)C5)cc4)CC3)CC2)ccc1C1CCC(=O)NC1=O. The number of benzene rings is 2. The molecule has 3 aromatic rings. The summed E-state index contributed by atoms with van der Waals surface area (Å²) in [6.07, 6.45) is 7.83. The van der Waals surface area contributed by atoms with Crippen LogP contribution in [0.15, 0.2) is 57.9 Å². The molecule has 2 N–H and O–H groups in total. The normalized spacial score (nSPS) is 24.0. The Morgan fingerprint density at radius 1 is 0.961 bits per heavy atom. The predicted octanol–water partition coefficient (Wildman–Crippen LogP) is 4.79. The quantitative estimate of drug-likeness (QED) is 0.345. The maximum Gasteiger partial charge on any atom is 0.282 e. The summed E-state index contributed by atoms with van der Waals surface area (Å²) in [4.78, 5) is 56.8. The number of amides is 3. The Hall–Kier alpha value is -4.03. The molecule has 0 saturated carbocycles. The first-order valence-electron chi connectivity index (χ1n) is 18.2. The Labute approximate surface area is 307 Å². The van der Waals surface area contributed by atoms with E-state index < -0.39 is 0 Å². The van der Waals surface area contributed by atoms with Gasteiger partial charge >= 0.3 is 0 Å². The summed E-state index contributed by atoms with van der Waals surface area (Å²) in [7, 11) is 3.76. The summed E-state index contributed by atoms with van der Waals surface area (Å²) in [5.41, 5.74) is 6.07. The van der Waals surface area contributed by atoms with Crippen molar-refractivity contribution < 1.29 is 14.4 Å². The Morgan fingerprint density at radius 3 is 2.35 bits per heavy atom. The van der Waals surface area contributed by atoms with Crippen molar-refractivity contribution in [1.82, 2.24) is 24.9 Å². The minimum atomic E-state index is -0.262. The molecule has 5 heterocycles. The van der Waals surface area contributed by atoms with Crippen molar-refractivity contribution in [3.8, 4) is 0 Å². The molecule has 4 aliphatic heterocycles. The van der Waals surface area contributed by atoms with Crippen molar-refractivity contribution in [2.75, 3.05) is 56.5 Å². The Kier molecular flexibility index (Phi) is 10.1. The van der Waals surface area contributed by atoms with E-state index in [-0.39, 0.29) is 40.7 Å². The van der Waals surface area contributed by atoms with Crippen LogP contribution in [-0.2, 0) is 16.6 Å². The van der Waals surface area contributed by atoms with E-state index in [0.29, 0.717) is 28.9 Å². The van der Waals surface area contributed by atoms with Gasteiger partial charge in [0.25, 0.3) is 11.5 Å². The zero-order valence-corrected chi connectivity index (χ0v) is 31.4. The number of imide groups is 1. The fourth-order valence-corrected chi connectivity index (χ4v) is 9.21.